The van der Waals surface area contributed by atoms with Crippen LogP contribution >= 0.6 is 11.3 Å². The van der Waals surface area contributed by atoms with Crippen LogP contribution in [0.25, 0.3) is 0 Å². The van der Waals surface area contributed by atoms with Crippen molar-refractivity contribution < 1.29 is 27.1 Å². The fourth-order valence-corrected chi connectivity index (χ4v) is 5.81. The fourth-order valence-electron chi connectivity index (χ4n) is 3.50. The van der Waals surface area contributed by atoms with E-state index in [1.165, 1.54) is 23.5 Å². The predicted octanol–water partition coefficient (Wildman–Crippen LogP) is 3.21. The number of methoxy groups -OCH3 is 1. The number of nitrogens with zero attached hydrogens (tertiary/aromatic N) is 2. The number of furan rings is 1. The third kappa shape index (κ3) is 4.88. The summed E-state index contributed by atoms with van der Waals surface area (Å²) >= 11 is 1.55. The molecular formula is C22H24N2O6S2. The third-order valence-electron chi connectivity index (χ3n) is 5.14. The van der Waals surface area contributed by atoms with Crippen molar-refractivity contribution in [3.63, 3.8) is 0 Å². The van der Waals surface area contributed by atoms with Gasteiger partial charge in [-0.1, -0.05) is 6.07 Å². The average molecular weight is 477 g/mol. The number of thiophene rings is 1. The molecule has 0 aliphatic carbocycles. The Hall–Kier alpha value is -2.66. The molecule has 3 heterocycles. The van der Waals surface area contributed by atoms with E-state index in [9.17, 15) is 13.2 Å². The molecule has 0 bridgehead atoms. The Labute approximate surface area is 191 Å². The van der Waals surface area contributed by atoms with Gasteiger partial charge in [-0.3, -0.25) is 4.79 Å². The number of sulfonamides is 1. The van der Waals surface area contributed by atoms with Crippen LogP contribution in [0.5, 0.6) is 5.75 Å². The molecule has 32 heavy (non-hydrogen) atoms. The fraction of sp³-hybridized carbons (Fsp3) is 0.318. The topological polar surface area (TPSA) is 89.3 Å². The van der Waals surface area contributed by atoms with Crippen molar-refractivity contribution in [3.05, 3.63) is 70.3 Å². The van der Waals surface area contributed by atoms with E-state index in [0.29, 0.717) is 25.5 Å². The molecule has 1 aliphatic heterocycles. The van der Waals surface area contributed by atoms with Crippen LogP contribution in [0.1, 0.15) is 21.0 Å². The maximum atomic E-state index is 13.5. The van der Waals surface area contributed by atoms with Gasteiger partial charge in [0, 0.05) is 23.5 Å². The van der Waals surface area contributed by atoms with Crippen LogP contribution in [-0.4, -0.2) is 56.9 Å². The van der Waals surface area contributed by atoms with E-state index in [1.807, 2.05) is 17.5 Å². The van der Waals surface area contributed by atoms with E-state index in [1.54, 1.807) is 40.7 Å². The lowest BCUT2D eigenvalue weighted by molar-refractivity contribution is 0.0717. The molecule has 0 N–H and O–H groups in total. The highest BCUT2D eigenvalue weighted by molar-refractivity contribution is 7.89. The van der Waals surface area contributed by atoms with Crippen molar-refractivity contribution in [2.75, 3.05) is 33.4 Å². The zero-order valence-electron chi connectivity index (χ0n) is 17.6. The molecule has 2 aromatic heterocycles. The number of hydrogen-bond acceptors (Lipinski definition) is 7. The lowest BCUT2D eigenvalue weighted by Gasteiger charge is -2.27. The van der Waals surface area contributed by atoms with Gasteiger partial charge in [0.05, 0.1) is 39.7 Å². The quantitative estimate of drug-likeness (QED) is 0.496. The lowest BCUT2D eigenvalue weighted by atomic mass is 10.1. The molecule has 1 saturated heterocycles. The van der Waals surface area contributed by atoms with Crippen molar-refractivity contribution in [2.45, 2.75) is 18.0 Å². The van der Waals surface area contributed by atoms with Gasteiger partial charge in [-0.25, -0.2) is 8.42 Å². The number of carbonyl (C=O) groups excluding carboxylic acids is 1. The number of ether oxygens (including phenoxy) is 2. The number of carbonyl (C=O) groups is 1. The highest BCUT2D eigenvalue weighted by Gasteiger charge is 2.31. The maximum absolute atomic E-state index is 13.5. The van der Waals surface area contributed by atoms with Crippen LogP contribution in [0.2, 0.25) is 0 Å². The van der Waals surface area contributed by atoms with Crippen molar-refractivity contribution in [2.24, 2.45) is 0 Å². The van der Waals surface area contributed by atoms with Gasteiger partial charge in [0.25, 0.3) is 5.91 Å². The van der Waals surface area contributed by atoms with E-state index in [-0.39, 0.29) is 41.7 Å². The minimum atomic E-state index is -3.85. The number of morpholine rings is 1. The molecule has 4 rings (SSSR count). The van der Waals surface area contributed by atoms with Crippen molar-refractivity contribution in [3.8, 4) is 5.75 Å². The summed E-state index contributed by atoms with van der Waals surface area (Å²) in [6.45, 7) is 1.82. The van der Waals surface area contributed by atoms with Crippen molar-refractivity contribution in [1.29, 1.82) is 0 Å². The second-order valence-electron chi connectivity index (χ2n) is 7.20. The zero-order valence-corrected chi connectivity index (χ0v) is 19.2. The largest absolute Gasteiger partial charge is 0.495 e. The number of rotatable bonds is 8. The normalized spacial score (nSPS) is 14.9. The van der Waals surface area contributed by atoms with Crippen LogP contribution in [0.4, 0.5) is 0 Å². The highest BCUT2D eigenvalue weighted by Crippen LogP contribution is 2.29. The molecule has 0 spiro atoms. The number of amides is 1. The summed E-state index contributed by atoms with van der Waals surface area (Å²) in [5.74, 6) is 0.546. The molecule has 1 amide bonds. The maximum Gasteiger partial charge on any atom is 0.254 e. The van der Waals surface area contributed by atoms with Gasteiger partial charge in [0.1, 0.15) is 16.4 Å². The smallest absolute Gasteiger partial charge is 0.254 e. The predicted molar refractivity (Wildman–Crippen MR) is 119 cm³/mol. The molecule has 1 aliphatic rings. The summed E-state index contributed by atoms with van der Waals surface area (Å²) in [4.78, 5) is 16.1. The second-order valence-corrected chi connectivity index (χ2v) is 10.1. The third-order valence-corrected chi connectivity index (χ3v) is 7.92. The molecule has 1 fully saturated rings. The van der Waals surface area contributed by atoms with Crippen LogP contribution in [-0.2, 0) is 27.8 Å². The van der Waals surface area contributed by atoms with E-state index in [2.05, 4.69) is 0 Å². The summed E-state index contributed by atoms with van der Waals surface area (Å²) in [5, 5.41) is 1.95. The summed E-state index contributed by atoms with van der Waals surface area (Å²) in [6.07, 6.45) is 1.56. The van der Waals surface area contributed by atoms with Gasteiger partial charge in [-0.05, 0) is 41.8 Å². The van der Waals surface area contributed by atoms with Crippen LogP contribution in [0.15, 0.2) is 63.4 Å². The Morgan fingerprint density at radius 3 is 2.62 bits per heavy atom. The number of hydrogen-bond donors (Lipinski definition) is 0. The first-order valence-electron chi connectivity index (χ1n) is 10.1. The average Bonchev–Trinajstić information content (AvgIpc) is 3.53. The van der Waals surface area contributed by atoms with Crippen LogP contribution in [0, 0.1) is 0 Å². The van der Waals surface area contributed by atoms with Gasteiger partial charge in [0.2, 0.25) is 10.0 Å². The highest BCUT2D eigenvalue weighted by atomic mass is 32.2. The minimum absolute atomic E-state index is 0.0261. The first-order chi connectivity index (χ1) is 15.5. The zero-order chi connectivity index (χ0) is 22.6. The first-order valence-corrected chi connectivity index (χ1v) is 12.4. The summed E-state index contributed by atoms with van der Waals surface area (Å²) in [7, 11) is -2.43. The van der Waals surface area contributed by atoms with Gasteiger partial charge in [-0.15, -0.1) is 11.3 Å². The molecule has 3 aromatic rings. The van der Waals surface area contributed by atoms with E-state index in [0.717, 1.165) is 4.88 Å². The Morgan fingerprint density at radius 2 is 1.97 bits per heavy atom. The van der Waals surface area contributed by atoms with E-state index >= 15 is 0 Å². The Balaban J connectivity index is 1.67. The van der Waals surface area contributed by atoms with Crippen LogP contribution < -0.4 is 4.74 Å². The van der Waals surface area contributed by atoms with Gasteiger partial charge in [0.15, 0.2) is 0 Å². The summed E-state index contributed by atoms with van der Waals surface area (Å²) in [5.41, 5.74) is 0.265. The molecule has 1 aromatic carbocycles. The standard InChI is InChI=1S/C22H24N2O6S2/c1-28-20-7-6-17(14-21(20)32(26,27)24-8-11-29-12-9-24)22(25)23(15-18-4-2-10-30-18)16-19-5-3-13-31-19/h2-7,10,13-14H,8-9,11-12,15-16H2,1H3. The first kappa shape index (κ1) is 22.5. The van der Waals surface area contributed by atoms with Crippen molar-refractivity contribution in [1.82, 2.24) is 9.21 Å². The van der Waals surface area contributed by atoms with Gasteiger partial charge in [-0.2, -0.15) is 4.31 Å². The molecule has 170 valence electrons. The Morgan fingerprint density at radius 1 is 1.16 bits per heavy atom. The Kier molecular flexibility index (Phi) is 6.95. The Bertz CT molecular complexity index is 1100. The van der Waals surface area contributed by atoms with Crippen LogP contribution in [0.3, 0.4) is 0 Å². The van der Waals surface area contributed by atoms with E-state index < -0.39 is 10.0 Å². The molecule has 0 radical (unpaired) electrons. The molecule has 0 saturated carbocycles. The lowest BCUT2D eigenvalue weighted by Crippen LogP contribution is -2.40. The van der Waals surface area contributed by atoms with Crippen molar-refractivity contribution >= 4 is 27.3 Å². The minimum Gasteiger partial charge on any atom is -0.495 e. The SMILES string of the molecule is COc1ccc(C(=O)N(Cc2ccco2)Cc2cccs2)cc1S(=O)(=O)N1CCOCC1. The molecule has 0 atom stereocenters. The van der Waals surface area contributed by atoms with Gasteiger partial charge < -0.3 is 18.8 Å². The van der Waals surface area contributed by atoms with E-state index in [4.69, 9.17) is 13.9 Å². The molecule has 10 heteroatoms. The second kappa shape index (κ2) is 9.86. The number of benzene rings is 1. The monoisotopic (exact) mass is 476 g/mol. The van der Waals surface area contributed by atoms with Gasteiger partial charge >= 0.3 is 0 Å². The molecule has 0 unspecified atom stereocenters. The summed E-state index contributed by atoms with van der Waals surface area (Å²) < 4.78 is 43.9. The molecule has 8 nitrogen and oxygen atoms in total. The summed E-state index contributed by atoms with van der Waals surface area (Å²) in [6, 6.07) is 12.0. The molecular weight excluding hydrogens is 452 g/mol.